The first-order valence-corrected chi connectivity index (χ1v) is 56.2. The van der Waals surface area contributed by atoms with Gasteiger partial charge >= 0.3 is 0 Å². The molecular weight excluding hydrogens is 1790 g/mol. The summed E-state index contributed by atoms with van der Waals surface area (Å²) in [6, 6.07) is -0.724. The highest BCUT2D eigenvalue weighted by atomic mass is 16.8. The molecule has 0 aromatic carbocycles. The minimum Gasteiger partial charge on any atom is -0.396 e. The van der Waals surface area contributed by atoms with Gasteiger partial charge in [0.1, 0.15) is 67.1 Å². The Hall–Kier alpha value is -2.64. The molecule has 0 radical (unpaired) electrons. The Bertz CT molecular complexity index is 3030. The summed E-state index contributed by atoms with van der Waals surface area (Å²) in [5.74, 6) is -3.72. The largest absolute Gasteiger partial charge is 0.396 e. The van der Waals surface area contributed by atoms with Gasteiger partial charge in [-0.05, 0) is 152 Å². The van der Waals surface area contributed by atoms with E-state index >= 15 is 0 Å². The first kappa shape index (κ1) is 132. The van der Waals surface area contributed by atoms with E-state index in [0.29, 0.717) is 6.42 Å². The zero-order valence-corrected chi connectivity index (χ0v) is 91.6. The molecule has 24 atom stereocenters. The maximum atomic E-state index is 10.1. The highest BCUT2D eigenvalue weighted by Gasteiger charge is 2.56. The fourth-order valence-electron chi connectivity index (χ4n) is 19.9. The van der Waals surface area contributed by atoms with Crippen LogP contribution < -0.4 is 0 Å². The van der Waals surface area contributed by atoms with Crippen molar-refractivity contribution < 1.29 is 122 Å². The zero-order valence-electron chi connectivity index (χ0n) is 91.6. The van der Waals surface area contributed by atoms with Crippen LogP contribution in [0.3, 0.4) is 0 Å². The van der Waals surface area contributed by atoms with E-state index in [1.165, 1.54) is 283 Å². The Balaban J connectivity index is 0.000000430. The molecule has 9 heterocycles. The third kappa shape index (κ3) is 53.7. The highest BCUT2D eigenvalue weighted by molar-refractivity contribution is 5.01. The number of aliphatic hydroxyl groups is 10. The quantitative estimate of drug-likeness (QED) is 0.00889. The molecule has 0 spiro atoms. The summed E-state index contributed by atoms with van der Waals surface area (Å²) in [4.78, 5) is 5.82. The molecule has 0 saturated carbocycles. The van der Waals surface area contributed by atoms with Crippen LogP contribution in [0.15, 0.2) is 22.4 Å². The van der Waals surface area contributed by atoms with Gasteiger partial charge in [0.25, 0.3) is 0 Å². The van der Waals surface area contributed by atoms with Crippen LogP contribution in [0.5, 0.6) is 0 Å². The van der Waals surface area contributed by atoms with E-state index < -0.39 is 109 Å². The summed E-state index contributed by atoms with van der Waals surface area (Å²) in [5.41, 5.74) is 17.5. The van der Waals surface area contributed by atoms with Gasteiger partial charge in [0, 0.05) is 9.82 Å². The molecule has 0 aromatic rings. The molecule has 7 unspecified atom stereocenters. The fourth-order valence-corrected chi connectivity index (χ4v) is 19.9. The topological polar surface area (TPSA) is 438 Å². The minimum atomic E-state index is -1.38. The van der Waals surface area contributed by atoms with Crippen molar-refractivity contribution in [2.45, 2.75) is 667 Å². The third-order valence-corrected chi connectivity index (χ3v) is 27.6. The number of unbranched alkanes of at least 4 members (excludes halogenated alkanes) is 43. The van der Waals surface area contributed by atoms with Crippen LogP contribution in [0.1, 0.15) is 485 Å². The van der Waals surface area contributed by atoms with Gasteiger partial charge in [0.05, 0.1) is 80.7 Å². The Morgan fingerprint density at radius 1 is 0.286 bits per heavy atom. The lowest BCUT2D eigenvalue weighted by Gasteiger charge is -2.21. The van der Waals surface area contributed by atoms with Crippen molar-refractivity contribution in [1.29, 1.82) is 0 Å². The van der Waals surface area contributed by atoms with E-state index in [2.05, 4.69) is 64.6 Å². The number of hydrogen-bond acceptors (Lipinski definition) is 27. The molecule has 31 nitrogen and oxygen atoms in total. The van der Waals surface area contributed by atoms with Crippen molar-refractivity contribution in [3.8, 4) is 0 Å². The average Bonchev–Trinajstić information content (AvgIpc) is 1.62. The third-order valence-electron chi connectivity index (χ3n) is 27.6. The summed E-state index contributed by atoms with van der Waals surface area (Å²) in [7, 11) is 0. The smallest absolute Gasteiger partial charge is 0.184 e. The van der Waals surface area contributed by atoms with Gasteiger partial charge in [-0.1, -0.05) is 367 Å². The lowest BCUT2D eigenvalue weighted by molar-refractivity contribution is -0.223. The van der Waals surface area contributed by atoms with Gasteiger partial charge in [0.15, 0.2) is 53.6 Å². The second kappa shape index (κ2) is 74.3. The Morgan fingerprint density at radius 2 is 0.564 bits per heavy atom. The summed E-state index contributed by atoms with van der Waals surface area (Å²) in [6.45, 7) is 38.9. The molecule has 0 amide bonds. The standard InChI is InChI=1S/C22H43N3O2.C22H44O3.C22H42O3.C21H41N3O3.C9H16O4.C8H14O5.C5H10O5/c1-5-7-8-9-10-11-12-13-14-15-16-17-18-20-21(19(6-2)24-25-23)27-22(3,4)26-20;2*1-5-7-8-9-10-11-12-13-14-15-16-17-18-20-21(19(23)6-2)25-22(3,4)24-20;1-4-5-6-7-8-9-10-11-12-13-14-15-16-19-20(18(17-25)23-24-22)27-21(2,3)26-19;1-4-5-6-7(8(10)11-5)13-9(2,3)12-6;1-8(2)12-5-4(3-9)11-7(10)6(5)13-8;6-1-2-3(7)4(8)5(9)10-2/h19-21H,5-18H2,1-4H3;19-21,23H,5-18H2,1-4H3;17-21,23H,5-16H2,1-4H3;18-20,25H,4-17H2,1-3H3;5-8,10H,4H2,1-3H3;4-7,9-10H,3H2,1-2H3;2-9H,1H2/t19?,20-,21+;2*19-,20-,21+;18-,19+,20-;5-,6-,7?,8?;4-,5-,6?,7?;2-,3-,4?,5?/m1110111/s1. The molecule has 0 bridgehead atoms. The minimum absolute atomic E-state index is 0.0400. The van der Waals surface area contributed by atoms with Crippen molar-refractivity contribution in [3.05, 3.63) is 33.0 Å². The molecule has 140 heavy (non-hydrogen) atoms. The first-order chi connectivity index (χ1) is 66.8. The van der Waals surface area contributed by atoms with E-state index in [0.717, 1.165) is 57.8 Å². The second-order valence-corrected chi connectivity index (χ2v) is 43.1. The van der Waals surface area contributed by atoms with Gasteiger partial charge in [0.2, 0.25) is 0 Å². The number of rotatable bonds is 64. The molecule has 31 heteroatoms. The number of fused-ring (bicyclic) bond motifs is 2. The van der Waals surface area contributed by atoms with E-state index in [4.69, 9.17) is 103 Å². The lowest BCUT2D eigenvalue weighted by Crippen LogP contribution is -2.36. The normalized spacial score (nSPS) is 29.6. The van der Waals surface area contributed by atoms with Crippen molar-refractivity contribution >= 4 is 0 Å². The first-order valence-electron chi connectivity index (χ1n) is 56.2. The molecule has 0 aliphatic carbocycles. The molecular formula is C109H210N6O25. The van der Waals surface area contributed by atoms with Crippen molar-refractivity contribution in [2.24, 2.45) is 10.2 Å². The number of azide groups is 2. The SMILES string of the molecule is CC1(C)OC2C(O)O[C@H](CO)[C@H]2O1.CCCCCCCCCCCCC=C[C@H]1OC(C)(C)O[C@H]1[C@H](O)CC.CCCCCCCCCCCCCC[C@H]1OC(C)(C)O[C@H]1C(CC)N=[N+]=[N-].CCCCCCCCCCCCCC[C@H]1OC(C)(C)O[C@H]1[C@H](CO)N=[N+]=[N-].CCCCCCCCCCCCCC[C@H]1OC(C)(C)O[C@H]1[C@H](O)CC.CC[C@H]1OC(O)C2OC(C)(C)O[C@@H]21.OC[C@H]1OC(O)C(O)[C@@H]1O. The predicted molar refractivity (Wildman–Crippen MR) is 551 cm³/mol. The summed E-state index contributed by atoms with van der Waals surface area (Å²) < 4.78 is 84.5. The number of aliphatic hydroxyl groups excluding tert-OH is 10. The predicted octanol–water partition coefficient (Wildman–Crippen LogP) is 23.7. The molecule has 9 aliphatic heterocycles. The Morgan fingerprint density at radius 3 is 0.879 bits per heavy atom. The van der Waals surface area contributed by atoms with Crippen LogP contribution in [0, 0.1) is 0 Å². The molecule has 9 saturated heterocycles. The maximum absolute atomic E-state index is 10.1. The number of hydrogen-bond donors (Lipinski definition) is 10. The van der Waals surface area contributed by atoms with E-state index in [1.807, 2.05) is 96.9 Å². The monoisotopic (exact) mass is 2000 g/mol. The average molecular weight is 2000 g/mol. The number of allylic oxidation sites excluding steroid dienone is 1. The number of nitrogens with zero attached hydrogens (tertiary/aromatic N) is 6. The molecule has 9 rings (SSSR count). The van der Waals surface area contributed by atoms with Gasteiger partial charge in [-0.2, -0.15) is 0 Å². The molecule has 826 valence electrons. The van der Waals surface area contributed by atoms with Crippen molar-refractivity contribution in [3.63, 3.8) is 0 Å². The highest BCUT2D eigenvalue weighted by Crippen LogP contribution is 2.43. The van der Waals surface area contributed by atoms with Crippen LogP contribution in [0.25, 0.3) is 20.9 Å². The summed E-state index contributed by atoms with van der Waals surface area (Å²) in [5, 5.41) is 100. The van der Waals surface area contributed by atoms with Gasteiger partial charge < -0.3 is 122 Å². The van der Waals surface area contributed by atoms with Gasteiger partial charge in [-0.15, -0.1) is 0 Å². The zero-order chi connectivity index (χ0) is 104. The van der Waals surface area contributed by atoms with Crippen LogP contribution in [0.4, 0.5) is 0 Å². The van der Waals surface area contributed by atoms with Gasteiger partial charge in [-0.3, -0.25) is 0 Å². The maximum Gasteiger partial charge on any atom is 0.184 e. The fraction of sp³-hybridized carbons (Fsp3) is 0.982. The van der Waals surface area contributed by atoms with E-state index in [1.54, 1.807) is 13.8 Å². The van der Waals surface area contributed by atoms with E-state index in [-0.39, 0.29) is 92.5 Å². The molecule has 9 aliphatic rings. The number of ether oxygens (including phenoxy) is 15. The Kier molecular flexibility index (Phi) is 69.8. The second-order valence-electron chi connectivity index (χ2n) is 43.1. The molecule has 0 aromatic heterocycles. The van der Waals surface area contributed by atoms with Gasteiger partial charge in [-0.25, -0.2) is 0 Å². The van der Waals surface area contributed by atoms with Crippen molar-refractivity contribution in [1.82, 2.24) is 0 Å². The summed E-state index contributed by atoms with van der Waals surface area (Å²) >= 11 is 0. The van der Waals surface area contributed by atoms with Crippen LogP contribution in [-0.4, -0.2) is 253 Å². The van der Waals surface area contributed by atoms with E-state index in [9.17, 15) is 25.5 Å². The lowest BCUT2D eigenvalue weighted by atomic mass is 9.98. The van der Waals surface area contributed by atoms with Crippen LogP contribution >= 0.6 is 0 Å². The summed E-state index contributed by atoms with van der Waals surface area (Å²) in [6.07, 6.45) is 63.1. The molecule has 9 fully saturated rings. The Labute approximate surface area is 847 Å². The van der Waals surface area contributed by atoms with Crippen LogP contribution in [0.2, 0.25) is 0 Å². The van der Waals surface area contributed by atoms with Crippen molar-refractivity contribution in [2.75, 3.05) is 19.8 Å². The van der Waals surface area contributed by atoms with Crippen LogP contribution in [-0.2, 0) is 71.1 Å². The molecule has 10 N–H and O–H groups in total.